The van der Waals surface area contributed by atoms with Gasteiger partial charge in [0.1, 0.15) is 23.0 Å². The number of amides is 2. The second-order valence-corrected chi connectivity index (χ2v) is 8.73. The van der Waals surface area contributed by atoms with E-state index in [1.165, 1.54) is 18.2 Å². The van der Waals surface area contributed by atoms with Crippen LogP contribution in [0.25, 0.3) is 5.69 Å². The number of hydrogen-bond donors (Lipinski definition) is 2. The van der Waals surface area contributed by atoms with Gasteiger partial charge >= 0.3 is 0 Å². The number of carbonyl (C=O) groups is 2. The Balaban J connectivity index is 1.40. The number of anilines is 1. The van der Waals surface area contributed by atoms with E-state index in [1.807, 2.05) is 0 Å². The van der Waals surface area contributed by atoms with Crippen LogP contribution in [0.3, 0.4) is 0 Å². The second kappa shape index (κ2) is 9.82. The average molecular weight is 491 g/mol. The summed E-state index contributed by atoms with van der Waals surface area (Å²) in [5.74, 6) is 0.0976. The number of ether oxygens (including phenoxy) is 1. The number of benzene rings is 2. The molecule has 0 radical (unpaired) electrons. The maximum atomic E-state index is 13.1. The second-order valence-electron chi connectivity index (χ2n) is 8.73. The molecule has 0 saturated carbocycles. The normalized spacial score (nSPS) is 17.7. The molecular weight excluding hydrogens is 463 g/mol. The van der Waals surface area contributed by atoms with Gasteiger partial charge in [0.25, 0.3) is 5.91 Å². The average Bonchev–Trinajstić information content (AvgIpc) is 3.30. The van der Waals surface area contributed by atoms with Crippen molar-refractivity contribution < 1.29 is 18.7 Å². The number of nitrogens with one attached hydrogen (secondary N) is 1. The van der Waals surface area contributed by atoms with Crippen LogP contribution in [0.2, 0.25) is 0 Å². The molecule has 3 heterocycles. The zero-order valence-electron chi connectivity index (χ0n) is 19.7. The van der Waals surface area contributed by atoms with Crippen molar-refractivity contribution in [3.05, 3.63) is 78.4 Å². The summed E-state index contributed by atoms with van der Waals surface area (Å²) in [7, 11) is 0. The van der Waals surface area contributed by atoms with E-state index < -0.39 is 5.91 Å². The van der Waals surface area contributed by atoms with E-state index in [-0.39, 0.29) is 17.8 Å². The molecule has 1 aromatic heterocycles. The Labute approximate surface area is 207 Å². The highest BCUT2D eigenvalue weighted by atomic mass is 19.1. The summed E-state index contributed by atoms with van der Waals surface area (Å²) in [6.07, 6.45) is 2.16. The number of piperazine rings is 1. The summed E-state index contributed by atoms with van der Waals surface area (Å²) < 4.78 is 20.5. The van der Waals surface area contributed by atoms with Crippen LogP contribution in [0.4, 0.5) is 10.1 Å². The van der Waals surface area contributed by atoms with Gasteiger partial charge in [0.15, 0.2) is 5.69 Å². The van der Waals surface area contributed by atoms with Crippen molar-refractivity contribution in [2.45, 2.75) is 12.5 Å². The molecule has 2 aliphatic rings. The van der Waals surface area contributed by atoms with Crippen LogP contribution in [0.1, 0.15) is 28.6 Å². The lowest BCUT2D eigenvalue weighted by molar-refractivity contribution is -0.128. The van der Waals surface area contributed by atoms with Gasteiger partial charge in [0.2, 0.25) is 5.91 Å². The van der Waals surface area contributed by atoms with E-state index in [1.54, 1.807) is 46.0 Å². The maximum Gasteiger partial charge on any atom is 0.269 e. The molecule has 0 spiro atoms. The lowest BCUT2D eigenvalue weighted by atomic mass is 10.0. The van der Waals surface area contributed by atoms with Crippen LogP contribution in [0, 0.1) is 5.82 Å². The molecule has 36 heavy (non-hydrogen) atoms. The van der Waals surface area contributed by atoms with Crippen LogP contribution < -0.4 is 15.8 Å². The number of rotatable bonds is 6. The molecule has 3 N–H and O–H groups in total. The third-order valence-corrected chi connectivity index (χ3v) is 6.55. The Morgan fingerprint density at radius 1 is 1.06 bits per heavy atom. The Bertz CT molecular complexity index is 1280. The standard InChI is InChI=1S/C26H27FN6O3/c1-2-22(34)32-15-13-31(14-16-32)21-11-12-29-24-23(21)30-33(25(24)26(28)35)18-5-9-20(10-6-18)36-19-7-3-17(27)4-8-19/h2-10,21,29H,1,11-16H2,(H2,28,35)/t21-/m1/s1. The molecule has 2 aliphatic heterocycles. The van der Waals surface area contributed by atoms with Gasteiger partial charge in [-0.3, -0.25) is 14.5 Å². The smallest absolute Gasteiger partial charge is 0.269 e. The van der Waals surface area contributed by atoms with E-state index in [4.69, 9.17) is 15.6 Å². The molecule has 186 valence electrons. The van der Waals surface area contributed by atoms with E-state index in [0.717, 1.165) is 12.1 Å². The van der Waals surface area contributed by atoms with Crippen LogP contribution >= 0.6 is 0 Å². The minimum Gasteiger partial charge on any atom is -0.457 e. The number of primary amides is 1. The third kappa shape index (κ3) is 4.55. The number of nitrogens with zero attached hydrogens (tertiary/aromatic N) is 4. The summed E-state index contributed by atoms with van der Waals surface area (Å²) in [5.41, 5.74) is 8.16. The fourth-order valence-electron chi connectivity index (χ4n) is 4.76. The van der Waals surface area contributed by atoms with Crippen LogP contribution in [0.15, 0.2) is 61.2 Å². The first kappa shape index (κ1) is 23.6. The summed E-state index contributed by atoms with van der Waals surface area (Å²) in [6.45, 7) is 6.89. The highest BCUT2D eigenvalue weighted by molar-refractivity contribution is 5.98. The lowest BCUT2D eigenvalue weighted by Crippen LogP contribution is -2.50. The Kier molecular flexibility index (Phi) is 6.43. The van der Waals surface area contributed by atoms with Crippen molar-refractivity contribution >= 4 is 17.5 Å². The van der Waals surface area contributed by atoms with Gasteiger partial charge in [-0.05, 0) is 61.0 Å². The summed E-state index contributed by atoms with van der Waals surface area (Å²) in [4.78, 5) is 28.5. The van der Waals surface area contributed by atoms with Gasteiger partial charge < -0.3 is 20.7 Å². The van der Waals surface area contributed by atoms with Crippen LogP contribution in [-0.2, 0) is 4.79 Å². The number of carbonyl (C=O) groups excluding carboxylic acids is 2. The minimum atomic E-state index is -0.579. The predicted octanol–water partition coefficient (Wildman–Crippen LogP) is 3.09. The minimum absolute atomic E-state index is 0.00247. The largest absolute Gasteiger partial charge is 0.457 e. The van der Waals surface area contributed by atoms with Crippen molar-refractivity contribution in [3.8, 4) is 17.2 Å². The zero-order valence-corrected chi connectivity index (χ0v) is 19.7. The first-order valence-electron chi connectivity index (χ1n) is 11.8. The molecule has 9 nitrogen and oxygen atoms in total. The van der Waals surface area contributed by atoms with Gasteiger partial charge in [-0.1, -0.05) is 6.58 Å². The van der Waals surface area contributed by atoms with E-state index >= 15 is 0 Å². The quantitative estimate of drug-likeness (QED) is 0.515. The van der Waals surface area contributed by atoms with E-state index in [2.05, 4.69) is 16.8 Å². The third-order valence-electron chi connectivity index (χ3n) is 6.55. The molecule has 1 atom stereocenters. The van der Waals surface area contributed by atoms with Crippen LogP contribution in [0.5, 0.6) is 11.5 Å². The molecule has 10 heteroatoms. The number of fused-ring (bicyclic) bond motifs is 1. The van der Waals surface area contributed by atoms with Crippen molar-refractivity contribution in [2.24, 2.45) is 5.73 Å². The molecule has 0 bridgehead atoms. The first-order valence-corrected chi connectivity index (χ1v) is 11.8. The number of hydrogen-bond acceptors (Lipinski definition) is 6. The zero-order chi connectivity index (χ0) is 25.2. The van der Waals surface area contributed by atoms with E-state index in [0.29, 0.717) is 61.3 Å². The van der Waals surface area contributed by atoms with Gasteiger partial charge in [-0.2, -0.15) is 5.10 Å². The highest BCUT2D eigenvalue weighted by Crippen LogP contribution is 2.37. The Hall–Kier alpha value is -4.18. The monoisotopic (exact) mass is 490 g/mol. The van der Waals surface area contributed by atoms with Gasteiger partial charge in [-0.25, -0.2) is 9.07 Å². The lowest BCUT2D eigenvalue weighted by Gasteiger charge is -2.40. The Morgan fingerprint density at radius 2 is 1.69 bits per heavy atom. The maximum absolute atomic E-state index is 13.1. The van der Waals surface area contributed by atoms with Gasteiger partial charge in [0.05, 0.1) is 17.4 Å². The summed E-state index contributed by atoms with van der Waals surface area (Å²) in [6, 6.07) is 12.9. The molecule has 2 aromatic carbocycles. The molecule has 1 saturated heterocycles. The fourth-order valence-corrected chi connectivity index (χ4v) is 4.76. The van der Waals surface area contributed by atoms with E-state index in [9.17, 15) is 14.0 Å². The topological polar surface area (TPSA) is 106 Å². The van der Waals surface area contributed by atoms with Crippen molar-refractivity contribution in [1.82, 2.24) is 19.6 Å². The molecule has 0 unspecified atom stereocenters. The molecular formula is C26H27FN6O3. The number of aromatic nitrogens is 2. The predicted molar refractivity (Wildman–Crippen MR) is 133 cm³/mol. The van der Waals surface area contributed by atoms with Crippen molar-refractivity contribution in [1.29, 1.82) is 0 Å². The molecule has 0 aliphatic carbocycles. The first-order chi connectivity index (χ1) is 17.4. The number of halogens is 1. The SMILES string of the molecule is C=CC(=O)N1CCN([C@@H]2CCNc3c2nn(-c2ccc(Oc4ccc(F)cc4)cc2)c3C(N)=O)CC1. The molecule has 1 fully saturated rings. The fraction of sp³-hybridized carbons (Fsp3) is 0.269. The molecule has 2 amide bonds. The van der Waals surface area contributed by atoms with Crippen molar-refractivity contribution in [3.63, 3.8) is 0 Å². The van der Waals surface area contributed by atoms with Crippen molar-refractivity contribution in [2.75, 3.05) is 38.0 Å². The van der Waals surface area contributed by atoms with Crippen LogP contribution in [-0.4, -0.2) is 64.1 Å². The molecule has 5 rings (SSSR count). The summed E-state index contributed by atoms with van der Waals surface area (Å²) >= 11 is 0. The highest BCUT2D eigenvalue weighted by Gasteiger charge is 2.35. The number of nitrogens with two attached hydrogens (primary N) is 1. The summed E-state index contributed by atoms with van der Waals surface area (Å²) in [5, 5.41) is 8.14. The van der Waals surface area contributed by atoms with Gasteiger partial charge in [-0.15, -0.1) is 0 Å². The Morgan fingerprint density at radius 3 is 2.31 bits per heavy atom. The molecule has 3 aromatic rings. The van der Waals surface area contributed by atoms with Gasteiger partial charge in [0, 0.05) is 32.7 Å².